The Morgan fingerprint density at radius 2 is 2.26 bits per heavy atom. The van der Waals surface area contributed by atoms with Gasteiger partial charge in [-0.15, -0.1) is 0 Å². The molecule has 1 fully saturated rings. The van der Waals surface area contributed by atoms with Crippen LogP contribution in [-0.4, -0.2) is 28.4 Å². The first kappa shape index (κ1) is 13.8. The predicted molar refractivity (Wildman–Crippen MR) is 75.5 cm³/mol. The summed E-state index contributed by atoms with van der Waals surface area (Å²) in [6, 6.07) is 1.99. The van der Waals surface area contributed by atoms with Crippen molar-refractivity contribution in [3.63, 3.8) is 0 Å². The minimum atomic E-state index is -0.252. The first-order valence-corrected chi connectivity index (χ1v) is 7.08. The van der Waals surface area contributed by atoms with Gasteiger partial charge in [-0.3, -0.25) is 9.59 Å². The fraction of sp³-hybridized carbons (Fsp3) is 0.600. The van der Waals surface area contributed by atoms with Gasteiger partial charge in [0.15, 0.2) is 0 Å². The fourth-order valence-corrected chi connectivity index (χ4v) is 2.73. The van der Waals surface area contributed by atoms with E-state index in [0.717, 1.165) is 43.5 Å². The van der Waals surface area contributed by atoms with E-state index in [2.05, 4.69) is 11.9 Å². The summed E-state index contributed by atoms with van der Waals surface area (Å²) >= 11 is 0. The quantitative estimate of drug-likeness (QED) is 0.908. The highest BCUT2D eigenvalue weighted by Gasteiger charge is 2.27. The Labute approximate surface area is 113 Å². The molecule has 0 aliphatic carbocycles. The molecule has 0 spiro atoms. The highest BCUT2D eigenvalue weighted by molar-refractivity contribution is 5.94. The zero-order valence-electron chi connectivity index (χ0n) is 12.0. The van der Waals surface area contributed by atoms with Crippen LogP contribution in [0.1, 0.15) is 54.7 Å². The molecule has 19 heavy (non-hydrogen) atoms. The Hall–Kier alpha value is -1.58. The lowest BCUT2D eigenvalue weighted by atomic mass is 10.1. The van der Waals surface area contributed by atoms with E-state index in [-0.39, 0.29) is 23.1 Å². The number of aromatic amines is 1. The molecule has 2 rings (SSSR count). The lowest BCUT2D eigenvalue weighted by Gasteiger charge is -2.21. The number of aryl methyl sites for hydroxylation is 2. The number of H-pyrrole nitrogens is 1. The summed E-state index contributed by atoms with van der Waals surface area (Å²) in [4.78, 5) is 29.1. The molecule has 1 saturated heterocycles. The maximum atomic E-state index is 12.4. The van der Waals surface area contributed by atoms with E-state index < -0.39 is 0 Å². The second-order valence-corrected chi connectivity index (χ2v) is 5.41. The van der Waals surface area contributed by atoms with E-state index >= 15 is 0 Å². The number of likely N-dealkylation sites (tertiary alicyclic amines) is 1. The summed E-state index contributed by atoms with van der Waals surface area (Å²) in [5.74, 6) is -0.127. The molecule has 1 aromatic rings. The molecule has 0 bridgehead atoms. The Morgan fingerprint density at radius 3 is 2.84 bits per heavy atom. The number of rotatable bonds is 3. The van der Waals surface area contributed by atoms with Gasteiger partial charge in [-0.25, -0.2) is 0 Å². The lowest BCUT2D eigenvalue weighted by Crippen LogP contribution is -2.37. The van der Waals surface area contributed by atoms with Crippen LogP contribution < -0.4 is 5.56 Å². The number of aromatic nitrogens is 1. The van der Waals surface area contributed by atoms with Crippen LogP contribution in [0, 0.1) is 6.92 Å². The van der Waals surface area contributed by atoms with Crippen LogP contribution in [0.5, 0.6) is 0 Å². The van der Waals surface area contributed by atoms with Crippen LogP contribution in [-0.2, 0) is 6.42 Å². The fourth-order valence-electron chi connectivity index (χ4n) is 2.73. The third kappa shape index (κ3) is 2.72. The zero-order chi connectivity index (χ0) is 14.0. The first-order chi connectivity index (χ1) is 9.04. The molecule has 1 aliphatic rings. The van der Waals surface area contributed by atoms with Gasteiger partial charge in [0.25, 0.3) is 11.5 Å². The zero-order valence-corrected chi connectivity index (χ0v) is 12.0. The number of amides is 1. The predicted octanol–water partition coefficient (Wildman–Crippen LogP) is 2.26. The maximum absolute atomic E-state index is 12.4. The molecule has 0 aromatic carbocycles. The number of nitrogens with one attached hydrogen (secondary N) is 1. The molecule has 1 N–H and O–H groups in total. The topological polar surface area (TPSA) is 53.2 Å². The van der Waals surface area contributed by atoms with Gasteiger partial charge >= 0.3 is 0 Å². The van der Waals surface area contributed by atoms with Crippen molar-refractivity contribution in [1.29, 1.82) is 0 Å². The van der Waals surface area contributed by atoms with Crippen molar-refractivity contribution in [2.75, 3.05) is 6.54 Å². The van der Waals surface area contributed by atoms with Gasteiger partial charge in [-0.05, 0) is 44.7 Å². The molecule has 0 unspecified atom stereocenters. The minimum Gasteiger partial charge on any atom is -0.336 e. The average Bonchev–Trinajstić information content (AvgIpc) is 2.79. The highest BCUT2D eigenvalue weighted by atomic mass is 16.2. The molecule has 4 heteroatoms. The Kier molecular flexibility index (Phi) is 4.08. The van der Waals surface area contributed by atoms with Crippen LogP contribution in [0.2, 0.25) is 0 Å². The van der Waals surface area contributed by atoms with E-state index in [0.29, 0.717) is 0 Å². The summed E-state index contributed by atoms with van der Waals surface area (Å²) in [5, 5.41) is 0. The van der Waals surface area contributed by atoms with Crippen molar-refractivity contribution in [2.45, 2.75) is 52.5 Å². The van der Waals surface area contributed by atoms with Gasteiger partial charge in [0.1, 0.15) is 5.56 Å². The van der Waals surface area contributed by atoms with Crippen molar-refractivity contribution in [3.05, 3.63) is 33.2 Å². The van der Waals surface area contributed by atoms with Crippen molar-refractivity contribution in [2.24, 2.45) is 0 Å². The van der Waals surface area contributed by atoms with Crippen LogP contribution in [0.15, 0.2) is 10.9 Å². The van der Waals surface area contributed by atoms with E-state index in [1.54, 1.807) is 6.07 Å². The van der Waals surface area contributed by atoms with Crippen molar-refractivity contribution >= 4 is 5.91 Å². The minimum absolute atomic E-state index is 0.127. The van der Waals surface area contributed by atoms with Crippen LogP contribution in [0.3, 0.4) is 0 Å². The highest BCUT2D eigenvalue weighted by Crippen LogP contribution is 2.19. The van der Waals surface area contributed by atoms with Crippen molar-refractivity contribution < 1.29 is 4.79 Å². The summed E-state index contributed by atoms with van der Waals surface area (Å²) in [7, 11) is 0. The molecular formula is C15H22N2O2. The lowest BCUT2D eigenvalue weighted by molar-refractivity contribution is 0.0745. The SMILES string of the molecule is CCCc1[nH]c(=O)c(C(=O)N2CCC[C@@H]2C)cc1C. The maximum Gasteiger partial charge on any atom is 0.261 e. The average molecular weight is 262 g/mol. The molecule has 1 aliphatic heterocycles. The monoisotopic (exact) mass is 262 g/mol. The third-order valence-electron chi connectivity index (χ3n) is 3.89. The van der Waals surface area contributed by atoms with Crippen LogP contribution in [0.4, 0.5) is 0 Å². The molecule has 1 aromatic heterocycles. The largest absolute Gasteiger partial charge is 0.336 e. The van der Waals surface area contributed by atoms with Gasteiger partial charge in [-0.1, -0.05) is 13.3 Å². The van der Waals surface area contributed by atoms with Gasteiger partial charge < -0.3 is 9.88 Å². The molecule has 0 saturated carbocycles. The van der Waals surface area contributed by atoms with E-state index in [9.17, 15) is 9.59 Å². The Morgan fingerprint density at radius 1 is 1.53 bits per heavy atom. The molecule has 4 nitrogen and oxygen atoms in total. The van der Waals surface area contributed by atoms with Gasteiger partial charge in [-0.2, -0.15) is 0 Å². The summed E-state index contributed by atoms with van der Waals surface area (Å²) in [6.45, 7) is 6.82. The summed E-state index contributed by atoms with van der Waals surface area (Å²) in [6.07, 6.45) is 3.87. The smallest absolute Gasteiger partial charge is 0.261 e. The second kappa shape index (κ2) is 5.59. The Balaban J connectivity index is 2.32. The van der Waals surface area contributed by atoms with E-state index in [1.165, 1.54) is 0 Å². The number of hydrogen-bond donors (Lipinski definition) is 1. The van der Waals surface area contributed by atoms with E-state index in [4.69, 9.17) is 0 Å². The van der Waals surface area contributed by atoms with Gasteiger partial charge in [0.05, 0.1) is 0 Å². The summed E-state index contributed by atoms with van der Waals surface area (Å²) < 4.78 is 0. The molecule has 2 heterocycles. The van der Waals surface area contributed by atoms with E-state index in [1.807, 2.05) is 18.7 Å². The van der Waals surface area contributed by atoms with Gasteiger partial charge in [0, 0.05) is 18.3 Å². The molecule has 1 atom stereocenters. The van der Waals surface area contributed by atoms with Crippen LogP contribution >= 0.6 is 0 Å². The second-order valence-electron chi connectivity index (χ2n) is 5.41. The normalized spacial score (nSPS) is 18.9. The summed E-state index contributed by atoms with van der Waals surface area (Å²) in [5.41, 5.74) is 1.97. The van der Waals surface area contributed by atoms with Gasteiger partial charge in [0.2, 0.25) is 0 Å². The molecule has 0 radical (unpaired) electrons. The Bertz CT molecular complexity index is 533. The number of pyridine rings is 1. The number of carbonyl (C=O) groups is 1. The standard InChI is InChI=1S/C15H22N2O2/c1-4-6-13-10(2)9-12(14(18)16-13)15(19)17-8-5-7-11(17)3/h9,11H,4-8H2,1-3H3,(H,16,18)/t11-/m0/s1. The first-order valence-electron chi connectivity index (χ1n) is 7.08. The van der Waals surface area contributed by atoms with Crippen molar-refractivity contribution in [1.82, 2.24) is 9.88 Å². The van der Waals surface area contributed by atoms with Crippen molar-refractivity contribution in [3.8, 4) is 0 Å². The number of carbonyl (C=O) groups excluding carboxylic acids is 1. The van der Waals surface area contributed by atoms with Crippen LogP contribution in [0.25, 0.3) is 0 Å². The molecular weight excluding hydrogens is 240 g/mol. The number of nitrogens with zero attached hydrogens (tertiary/aromatic N) is 1. The molecule has 104 valence electrons. The third-order valence-corrected chi connectivity index (χ3v) is 3.89. The number of hydrogen-bond acceptors (Lipinski definition) is 2. The molecule has 1 amide bonds.